The largest absolute Gasteiger partial charge is 0.508 e. The second-order valence-electron chi connectivity index (χ2n) is 4.76. The minimum Gasteiger partial charge on any atom is -0.508 e. The molecule has 0 spiro atoms. The van der Waals surface area contributed by atoms with Crippen molar-refractivity contribution >= 4 is 11.4 Å². The lowest BCUT2D eigenvalue weighted by Crippen LogP contribution is -2.40. The number of fused-ring (bicyclic) bond motifs is 1. The maximum Gasteiger partial charge on any atom is 0.117 e. The third kappa shape index (κ3) is 1.60. The molecular formula is C13H18N2O. The molecule has 0 aromatic heterocycles. The van der Waals surface area contributed by atoms with Crippen LogP contribution >= 0.6 is 0 Å². The van der Waals surface area contributed by atoms with E-state index in [4.69, 9.17) is 0 Å². The van der Waals surface area contributed by atoms with E-state index in [-0.39, 0.29) is 0 Å². The predicted molar refractivity (Wildman–Crippen MR) is 66.2 cm³/mol. The second-order valence-corrected chi connectivity index (χ2v) is 4.76. The van der Waals surface area contributed by atoms with E-state index >= 15 is 0 Å². The van der Waals surface area contributed by atoms with Crippen LogP contribution in [0, 0.1) is 0 Å². The van der Waals surface area contributed by atoms with Crippen LogP contribution in [0.1, 0.15) is 25.7 Å². The lowest BCUT2D eigenvalue weighted by molar-refractivity contribution is 0.475. The summed E-state index contributed by atoms with van der Waals surface area (Å²) in [7, 11) is 0. The Morgan fingerprint density at radius 3 is 2.88 bits per heavy atom. The Balaban J connectivity index is 1.93. The first-order chi connectivity index (χ1) is 7.84. The predicted octanol–water partition coefficient (Wildman–Crippen LogP) is 2.57. The number of rotatable bonds is 1. The third-order valence-corrected chi connectivity index (χ3v) is 3.72. The van der Waals surface area contributed by atoms with Crippen LogP contribution in [0.25, 0.3) is 0 Å². The van der Waals surface area contributed by atoms with Crippen LogP contribution in [-0.4, -0.2) is 24.2 Å². The van der Waals surface area contributed by atoms with Gasteiger partial charge in [0.25, 0.3) is 0 Å². The SMILES string of the molecule is Oc1ccc2c(c1)NCCN2C1CCCC1. The highest BCUT2D eigenvalue weighted by Gasteiger charge is 2.26. The van der Waals surface area contributed by atoms with E-state index < -0.39 is 0 Å². The van der Waals surface area contributed by atoms with E-state index in [2.05, 4.69) is 10.2 Å². The van der Waals surface area contributed by atoms with Gasteiger partial charge >= 0.3 is 0 Å². The van der Waals surface area contributed by atoms with Gasteiger partial charge in [0, 0.05) is 25.2 Å². The lowest BCUT2D eigenvalue weighted by Gasteiger charge is -2.36. The summed E-state index contributed by atoms with van der Waals surface area (Å²) in [6, 6.07) is 6.37. The Kier molecular flexibility index (Phi) is 2.39. The standard InChI is InChI=1S/C13H18N2O/c16-11-5-6-13-12(9-11)14-7-8-15(13)10-3-1-2-4-10/h5-6,9-10,14,16H,1-4,7-8H2. The summed E-state index contributed by atoms with van der Waals surface area (Å²) in [5.41, 5.74) is 2.34. The van der Waals surface area contributed by atoms with E-state index in [0.29, 0.717) is 11.8 Å². The van der Waals surface area contributed by atoms with Crippen LogP contribution < -0.4 is 10.2 Å². The number of phenolic OH excluding ortho intramolecular Hbond substituents is 1. The zero-order chi connectivity index (χ0) is 11.0. The summed E-state index contributed by atoms with van der Waals surface area (Å²) in [6.45, 7) is 2.06. The highest BCUT2D eigenvalue weighted by atomic mass is 16.3. The van der Waals surface area contributed by atoms with Crippen LogP contribution in [-0.2, 0) is 0 Å². The van der Waals surface area contributed by atoms with Gasteiger partial charge in [-0.25, -0.2) is 0 Å². The van der Waals surface area contributed by atoms with Crippen molar-refractivity contribution in [3.63, 3.8) is 0 Å². The van der Waals surface area contributed by atoms with E-state index in [1.165, 1.54) is 31.4 Å². The molecule has 2 N–H and O–H groups in total. The molecule has 3 rings (SSSR count). The molecule has 0 unspecified atom stereocenters. The zero-order valence-electron chi connectivity index (χ0n) is 9.45. The molecule has 1 saturated carbocycles. The Bertz CT molecular complexity index is 386. The van der Waals surface area contributed by atoms with Crippen molar-refractivity contribution in [3.8, 4) is 5.75 Å². The molecule has 3 nitrogen and oxygen atoms in total. The molecule has 1 heterocycles. The van der Waals surface area contributed by atoms with E-state index in [1.807, 2.05) is 12.1 Å². The average molecular weight is 218 g/mol. The number of hydrogen-bond donors (Lipinski definition) is 2. The van der Waals surface area contributed by atoms with E-state index in [0.717, 1.165) is 18.8 Å². The summed E-state index contributed by atoms with van der Waals surface area (Å²) < 4.78 is 0. The van der Waals surface area contributed by atoms with E-state index in [9.17, 15) is 5.11 Å². The van der Waals surface area contributed by atoms with Gasteiger partial charge in [0.2, 0.25) is 0 Å². The normalized spacial score (nSPS) is 20.6. The van der Waals surface area contributed by atoms with Crippen LogP contribution in [0.3, 0.4) is 0 Å². The number of hydrogen-bond acceptors (Lipinski definition) is 3. The van der Waals surface area contributed by atoms with Gasteiger partial charge in [-0.1, -0.05) is 12.8 Å². The van der Waals surface area contributed by atoms with Crippen LogP contribution in [0.4, 0.5) is 11.4 Å². The molecule has 2 aliphatic rings. The van der Waals surface area contributed by atoms with Crippen molar-refractivity contribution in [2.75, 3.05) is 23.3 Å². The van der Waals surface area contributed by atoms with Gasteiger partial charge in [-0.2, -0.15) is 0 Å². The first-order valence-electron chi connectivity index (χ1n) is 6.18. The van der Waals surface area contributed by atoms with Crippen LogP contribution in [0.15, 0.2) is 18.2 Å². The number of aromatic hydroxyl groups is 1. The van der Waals surface area contributed by atoms with Gasteiger partial charge in [0.1, 0.15) is 5.75 Å². The smallest absolute Gasteiger partial charge is 0.117 e. The van der Waals surface area contributed by atoms with Crippen molar-refractivity contribution in [2.45, 2.75) is 31.7 Å². The van der Waals surface area contributed by atoms with Crippen LogP contribution in [0.5, 0.6) is 5.75 Å². The molecule has 0 radical (unpaired) electrons. The fraction of sp³-hybridized carbons (Fsp3) is 0.538. The van der Waals surface area contributed by atoms with Crippen molar-refractivity contribution in [3.05, 3.63) is 18.2 Å². The van der Waals surface area contributed by atoms with E-state index in [1.54, 1.807) is 6.07 Å². The number of benzene rings is 1. The molecule has 1 fully saturated rings. The Morgan fingerprint density at radius 2 is 2.06 bits per heavy atom. The molecule has 0 bridgehead atoms. The fourth-order valence-corrected chi connectivity index (χ4v) is 2.94. The molecule has 0 amide bonds. The van der Waals surface area contributed by atoms with Gasteiger partial charge in [0.05, 0.1) is 11.4 Å². The Hall–Kier alpha value is -1.38. The summed E-state index contributed by atoms with van der Waals surface area (Å²) in [4.78, 5) is 2.51. The molecule has 3 heteroatoms. The quantitative estimate of drug-likeness (QED) is 0.760. The molecule has 1 aliphatic heterocycles. The number of nitrogens with zero attached hydrogens (tertiary/aromatic N) is 1. The lowest BCUT2D eigenvalue weighted by atomic mass is 10.1. The van der Waals surface area contributed by atoms with Crippen LogP contribution in [0.2, 0.25) is 0 Å². The highest BCUT2D eigenvalue weighted by Crippen LogP contribution is 2.36. The number of nitrogens with one attached hydrogen (secondary N) is 1. The Labute approximate surface area is 96.1 Å². The second kappa shape index (κ2) is 3.89. The average Bonchev–Trinajstić information content (AvgIpc) is 2.81. The van der Waals surface area contributed by atoms with Crippen molar-refractivity contribution in [1.82, 2.24) is 0 Å². The summed E-state index contributed by atoms with van der Waals surface area (Å²) in [5.74, 6) is 0.347. The summed E-state index contributed by atoms with van der Waals surface area (Å²) in [6.07, 6.45) is 5.37. The number of phenols is 1. The minimum atomic E-state index is 0.347. The first-order valence-corrected chi connectivity index (χ1v) is 6.18. The first kappa shape index (κ1) is 9.82. The molecule has 1 aromatic rings. The van der Waals surface area contributed by atoms with Crippen molar-refractivity contribution in [2.24, 2.45) is 0 Å². The third-order valence-electron chi connectivity index (χ3n) is 3.72. The molecule has 16 heavy (non-hydrogen) atoms. The molecule has 1 aliphatic carbocycles. The zero-order valence-corrected chi connectivity index (χ0v) is 9.45. The van der Waals surface area contributed by atoms with Gasteiger partial charge in [-0.3, -0.25) is 0 Å². The van der Waals surface area contributed by atoms with Gasteiger partial charge in [0.15, 0.2) is 0 Å². The van der Waals surface area contributed by atoms with Gasteiger partial charge in [-0.15, -0.1) is 0 Å². The monoisotopic (exact) mass is 218 g/mol. The molecular weight excluding hydrogens is 200 g/mol. The maximum atomic E-state index is 9.48. The van der Waals surface area contributed by atoms with Gasteiger partial charge in [-0.05, 0) is 25.0 Å². The van der Waals surface area contributed by atoms with Gasteiger partial charge < -0.3 is 15.3 Å². The topological polar surface area (TPSA) is 35.5 Å². The molecule has 86 valence electrons. The fourth-order valence-electron chi connectivity index (χ4n) is 2.94. The van der Waals surface area contributed by atoms with Crippen molar-refractivity contribution in [1.29, 1.82) is 0 Å². The molecule has 0 atom stereocenters. The summed E-state index contributed by atoms with van der Waals surface area (Å²) >= 11 is 0. The maximum absolute atomic E-state index is 9.48. The molecule has 0 saturated heterocycles. The Morgan fingerprint density at radius 1 is 1.25 bits per heavy atom. The number of anilines is 2. The molecule has 1 aromatic carbocycles. The highest BCUT2D eigenvalue weighted by molar-refractivity contribution is 5.74. The minimum absolute atomic E-state index is 0.347. The van der Waals surface area contributed by atoms with Crippen molar-refractivity contribution < 1.29 is 5.11 Å². The summed E-state index contributed by atoms with van der Waals surface area (Å²) in [5, 5.41) is 12.8.